The molecule has 2 fully saturated rings. The van der Waals surface area contributed by atoms with Gasteiger partial charge in [0.15, 0.2) is 0 Å². The summed E-state index contributed by atoms with van der Waals surface area (Å²) in [5.74, 6) is 1.66. The summed E-state index contributed by atoms with van der Waals surface area (Å²) in [6, 6.07) is 12.7. The van der Waals surface area contributed by atoms with E-state index in [-0.39, 0.29) is 16.7 Å². The molecule has 2 heterocycles. The third kappa shape index (κ3) is 3.94. The standard InChI is InChI=1S/C28H31Cl2N5O/c1-17(19-5-3-6-19)31-14-18-9-23-24(25(30)10-18)15-35(26(23)36)22-8-4-7-20(11-22)28(12-21(29)13-28)27-33-32-16-34(27)2/h4,7-11,16-17,19,21,31H,3,5-6,12-15H2,1-2H3/t17-,21?,28?/m0/s1. The summed E-state index contributed by atoms with van der Waals surface area (Å²) < 4.78 is 1.97. The molecule has 2 saturated carbocycles. The van der Waals surface area contributed by atoms with E-state index >= 15 is 0 Å². The van der Waals surface area contributed by atoms with E-state index in [1.165, 1.54) is 19.3 Å². The van der Waals surface area contributed by atoms with Gasteiger partial charge in [-0.2, -0.15) is 0 Å². The Morgan fingerprint density at radius 2 is 2.03 bits per heavy atom. The van der Waals surface area contributed by atoms with Crippen LogP contribution in [0.4, 0.5) is 5.69 Å². The molecule has 6 nitrogen and oxygen atoms in total. The van der Waals surface area contributed by atoms with Crippen molar-refractivity contribution in [1.29, 1.82) is 0 Å². The topological polar surface area (TPSA) is 63.1 Å². The van der Waals surface area contributed by atoms with Crippen LogP contribution >= 0.6 is 23.2 Å². The third-order valence-electron chi connectivity index (χ3n) is 8.52. The van der Waals surface area contributed by atoms with Crippen molar-refractivity contribution in [3.63, 3.8) is 0 Å². The summed E-state index contributed by atoms with van der Waals surface area (Å²) in [7, 11) is 1.96. The third-order valence-corrected chi connectivity index (χ3v) is 9.17. The largest absolute Gasteiger partial charge is 0.320 e. The van der Waals surface area contributed by atoms with E-state index in [2.05, 4.69) is 34.6 Å². The predicted molar refractivity (Wildman–Crippen MR) is 143 cm³/mol. The van der Waals surface area contributed by atoms with E-state index in [1.807, 2.05) is 40.8 Å². The van der Waals surface area contributed by atoms with Gasteiger partial charge in [0.2, 0.25) is 0 Å². The predicted octanol–water partition coefficient (Wildman–Crippen LogP) is 5.59. The number of aryl methyl sites for hydroxylation is 1. The van der Waals surface area contributed by atoms with Crippen LogP contribution in [0.15, 0.2) is 42.7 Å². The van der Waals surface area contributed by atoms with E-state index in [4.69, 9.17) is 23.2 Å². The number of carbonyl (C=O) groups excluding carboxylic acids is 1. The molecule has 1 atom stereocenters. The molecule has 0 radical (unpaired) electrons. The van der Waals surface area contributed by atoms with E-state index in [9.17, 15) is 4.79 Å². The number of rotatable bonds is 7. The Kier molecular flexibility index (Phi) is 6.09. The van der Waals surface area contributed by atoms with Gasteiger partial charge in [0.1, 0.15) is 12.2 Å². The van der Waals surface area contributed by atoms with Crippen molar-refractivity contribution < 1.29 is 4.79 Å². The molecule has 1 aromatic heterocycles. The minimum atomic E-state index is -0.295. The summed E-state index contributed by atoms with van der Waals surface area (Å²) in [6.45, 7) is 3.44. The number of nitrogens with zero attached hydrogens (tertiary/aromatic N) is 4. The van der Waals surface area contributed by atoms with Crippen molar-refractivity contribution >= 4 is 34.8 Å². The van der Waals surface area contributed by atoms with Crippen LogP contribution < -0.4 is 10.2 Å². The first-order chi connectivity index (χ1) is 17.4. The van der Waals surface area contributed by atoms with Crippen LogP contribution in [-0.4, -0.2) is 32.1 Å². The maximum atomic E-state index is 13.6. The Balaban J connectivity index is 1.26. The number of hydrogen-bond acceptors (Lipinski definition) is 4. The SMILES string of the molecule is C[C@H](NCc1cc(Cl)c2c(c1)C(=O)N(c1cccc(C3(c4nncn4C)CC(Cl)C3)c1)C2)C1CCC1. The monoisotopic (exact) mass is 523 g/mol. The quantitative estimate of drug-likeness (QED) is 0.409. The van der Waals surface area contributed by atoms with Gasteiger partial charge >= 0.3 is 0 Å². The highest BCUT2D eigenvalue weighted by Gasteiger charge is 2.49. The normalized spacial score (nSPS) is 24.4. The summed E-state index contributed by atoms with van der Waals surface area (Å²) in [6.07, 6.45) is 7.24. The van der Waals surface area contributed by atoms with Gasteiger partial charge in [0, 0.05) is 46.8 Å². The average Bonchev–Trinajstić information content (AvgIpc) is 3.38. The fourth-order valence-electron chi connectivity index (χ4n) is 6.05. The Morgan fingerprint density at radius 1 is 1.22 bits per heavy atom. The van der Waals surface area contributed by atoms with Crippen molar-refractivity contribution in [2.75, 3.05) is 4.90 Å². The van der Waals surface area contributed by atoms with Crippen molar-refractivity contribution in [3.8, 4) is 0 Å². The lowest BCUT2D eigenvalue weighted by Gasteiger charge is -2.44. The van der Waals surface area contributed by atoms with Gasteiger partial charge in [0.05, 0.1) is 12.0 Å². The van der Waals surface area contributed by atoms with Crippen LogP contribution in [0.3, 0.4) is 0 Å². The number of alkyl halides is 1. The summed E-state index contributed by atoms with van der Waals surface area (Å²) in [5.41, 5.74) is 4.33. The van der Waals surface area contributed by atoms with Crippen LogP contribution in [0.2, 0.25) is 5.02 Å². The van der Waals surface area contributed by atoms with Gasteiger partial charge in [-0.05, 0) is 73.9 Å². The molecule has 2 aliphatic carbocycles. The summed E-state index contributed by atoms with van der Waals surface area (Å²) in [4.78, 5) is 15.4. The van der Waals surface area contributed by atoms with Gasteiger partial charge in [-0.1, -0.05) is 30.2 Å². The Bertz CT molecular complexity index is 1310. The fraction of sp³-hybridized carbons (Fsp3) is 0.464. The second-order valence-electron chi connectivity index (χ2n) is 10.8. The lowest BCUT2D eigenvalue weighted by atomic mass is 9.63. The molecule has 3 aromatic rings. The minimum Gasteiger partial charge on any atom is -0.320 e. The van der Waals surface area contributed by atoms with Gasteiger partial charge in [-0.25, -0.2) is 0 Å². The molecule has 1 aliphatic heterocycles. The number of aromatic nitrogens is 3. The lowest BCUT2D eigenvalue weighted by Crippen LogP contribution is -2.45. The Morgan fingerprint density at radius 3 is 2.69 bits per heavy atom. The first-order valence-corrected chi connectivity index (χ1v) is 13.6. The van der Waals surface area contributed by atoms with Gasteiger partial charge in [-0.15, -0.1) is 21.8 Å². The number of halogens is 2. The summed E-state index contributed by atoms with van der Waals surface area (Å²) in [5, 5.41) is 12.9. The van der Waals surface area contributed by atoms with E-state index in [0.29, 0.717) is 29.7 Å². The number of amides is 1. The van der Waals surface area contributed by atoms with Crippen molar-refractivity contribution in [2.24, 2.45) is 13.0 Å². The van der Waals surface area contributed by atoms with Crippen LogP contribution in [0.1, 0.15) is 71.9 Å². The average molecular weight is 524 g/mol. The number of carbonyl (C=O) groups is 1. The molecule has 1 amide bonds. The molecular formula is C28H31Cl2N5O. The first-order valence-electron chi connectivity index (χ1n) is 12.8. The van der Waals surface area contributed by atoms with Crippen LogP contribution in [-0.2, 0) is 25.6 Å². The Labute approximate surface area is 222 Å². The number of fused-ring (bicyclic) bond motifs is 1. The van der Waals surface area contributed by atoms with E-state index in [0.717, 1.165) is 47.0 Å². The van der Waals surface area contributed by atoms with Crippen molar-refractivity contribution in [2.45, 2.75) is 69.0 Å². The molecule has 3 aliphatic rings. The number of hydrogen-bond donors (Lipinski definition) is 1. The molecule has 1 N–H and O–H groups in total. The molecule has 0 spiro atoms. The first kappa shape index (κ1) is 24.0. The molecule has 2 aromatic carbocycles. The zero-order chi connectivity index (χ0) is 25.0. The van der Waals surface area contributed by atoms with Crippen LogP contribution in [0.5, 0.6) is 0 Å². The maximum absolute atomic E-state index is 13.6. The zero-order valence-corrected chi connectivity index (χ0v) is 22.2. The van der Waals surface area contributed by atoms with Crippen LogP contribution in [0.25, 0.3) is 0 Å². The fourth-order valence-corrected chi connectivity index (χ4v) is 6.88. The highest BCUT2D eigenvalue weighted by Crippen LogP contribution is 2.51. The molecule has 0 unspecified atom stereocenters. The van der Waals surface area contributed by atoms with Crippen LogP contribution in [0, 0.1) is 5.92 Å². The molecule has 8 heteroatoms. The van der Waals surface area contributed by atoms with Gasteiger partial charge in [0.25, 0.3) is 5.91 Å². The van der Waals surface area contributed by atoms with E-state index < -0.39 is 0 Å². The summed E-state index contributed by atoms with van der Waals surface area (Å²) >= 11 is 13.2. The highest BCUT2D eigenvalue weighted by atomic mass is 35.5. The molecule has 36 heavy (non-hydrogen) atoms. The van der Waals surface area contributed by atoms with Crippen molar-refractivity contribution in [1.82, 2.24) is 20.1 Å². The maximum Gasteiger partial charge on any atom is 0.258 e. The lowest BCUT2D eigenvalue weighted by molar-refractivity contribution is 0.0996. The second kappa shape index (κ2) is 9.16. The Hall–Kier alpha value is -2.41. The molecule has 6 rings (SSSR count). The zero-order valence-electron chi connectivity index (χ0n) is 20.7. The van der Waals surface area contributed by atoms with Gasteiger partial charge in [-0.3, -0.25) is 4.79 Å². The molecule has 0 saturated heterocycles. The van der Waals surface area contributed by atoms with Crippen molar-refractivity contribution in [3.05, 3.63) is 75.8 Å². The van der Waals surface area contributed by atoms with Gasteiger partial charge < -0.3 is 14.8 Å². The molecule has 0 bridgehead atoms. The molecule has 188 valence electrons. The second-order valence-corrected chi connectivity index (χ2v) is 11.8. The molecular weight excluding hydrogens is 493 g/mol. The minimum absolute atomic E-state index is 0.00511. The highest BCUT2D eigenvalue weighted by molar-refractivity contribution is 6.32. The number of anilines is 1. The van der Waals surface area contributed by atoms with E-state index in [1.54, 1.807) is 6.33 Å². The number of nitrogens with one attached hydrogen (secondary N) is 1. The smallest absolute Gasteiger partial charge is 0.258 e. The number of benzene rings is 2.